The quantitative estimate of drug-likeness (QED) is 0.648. The molecule has 2 heterocycles. The summed E-state index contributed by atoms with van der Waals surface area (Å²) in [5.41, 5.74) is 3.35. The largest absolute Gasteiger partial charge is 0.337 e. The maximum Gasteiger partial charge on any atom is 0.256 e. The summed E-state index contributed by atoms with van der Waals surface area (Å²) < 4.78 is 14.0. The summed E-state index contributed by atoms with van der Waals surface area (Å²) in [5.74, 6) is -0.934. The van der Waals surface area contributed by atoms with Crippen molar-refractivity contribution in [2.24, 2.45) is 0 Å². The summed E-state index contributed by atoms with van der Waals surface area (Å²) in [5, 5.41) is 0.931. The molecule has 1 aliphatic heterocycles. The van der Waals surface area contributed by atoms with Crippen molar-refractivity contribution < 1.29 is 14.0 Å². The Morgan fingerprint density at radius 2 is 1.53 bits per heavy atom. The molecule has 1 saturated heterocycles. The first-order valence-corrected chi connectivity index (χ1v) is 10.1. The Morgan fingerprint density at radius 3 is 2.23 bits per heavy atom. The van der Waals surface area contributed by atoms with Crippen LogP contribution in [0.25, 0.3) is 10.9 Å². The van der Waals surface area contributed by atoms with Gasteiger partial charge in [-0.2, -0.15) is 0 Å². The third-order valence-electron chi connectivity index (χ3n) is 5.57. The van der Waals surface area contributed by atoms with Gasteiger partial charge in [0.05, 0.1) is 22.3 Å². The molecule has 1 aromatic heterocycles. The molecule has 2 aromatic carbocycles. The third kappa shape index (κ3) is 3.90. The van der Waals surface area contributed by atoms with E-state index in [1.807, 2.05) is 38.1 Å². The number of hydrogen-bond acceptors (Lipinski definition) is 3. The van der Waals surface area contributed by atoms with Crippen LogP contribution in [0.4, 0.5) is 4.39 Å². The highest BCUT2D eigenvalue weighted by atomic mass is 19.1. The molecule has 0 radical (unpaired) electrons. The highest BCUT2D eigenvalue weighted by Crippen LogP contribution is 2.20. The van der Waals surface area contributed by atoms with Crippen molar-refractivity contribution in [3.05, 3.63) is 76.7 Å². The molecule has 0 bridgehead atoms. The van der Waals surface area contributed by atoms with E-state index in [1.165, 1.54) is 12.1 Å². The van der Waals surface area contributed by atoms with Crippen LogP contribution in [0.2, 0.25) is 0 Å². The molecule has 2 amide bonds. The normalized spacial score (nSPS) is 14.6. The number of fused-ring (bicyclic) bond motifs is 1. The number of pyridine rings is 1. The lowest BCUT2D eigenvalue weighted by Gasteiger charge is -2.23. The molecule has 6 heteroatoms. The van der Waals surface area contributed by atoms with Crippen LogP contribution < -0.4 is 0 Å². The second-order valence-corrected chi connectivity index (χ2v) is 7.74. The smallest absolute Gasteiger partial charge is 0.256 e. The first-order chi connectivity index (χ1) is 14.4. The molecular weight excluding hydrogens is 381 g/mol. The van der Waals surface area contributed by atoms with Crippen LogP contribution in [0.15, 0.2) is 48.5 Å². The highest BCUT2D eigenvalue weighted by Gasteiger charge is 2.26. The number of amides is 2. The molecule has 0 spiro atoms. The van der Waals surface area contributed by atoms with Crippen LogP contribution in [0.3, 0.4) is 0 Å². The number of aryl methyl sites for hydroxylation is 2. The molecule has 1 aliphatic rings. The maximum atomic E-state index is 14.0. The molecule has 4 rings (SSSR count). The maximum absolute atomic E-state index is 14.0. The first-order valence-electron chi connectivity index (χ1n) is 10.1. The standard InChI is InChI=1S/C24H24FN3O2/c1-16-8-9-18-15-20(17(2)26-22(18)14-16)24(30)28-11-5-10-27(12-13-28)23(29)19-6-3-4-7-21(19)25/h3-4,6-9,14-15H,5,10-13H2,1-2H3. The van der Waals surface area contributed by atoms with Crippen LogP contribution in [0.1, 0.15) is 38.4 Å². The molecular formula is C24H24FN3O2. The lowest BCUT2D eigenvalue weighted by molar-refractivity contribution is 0.0715. The summed E-state index contributed by atoms with van der Waals surface area (Å²) in [4.78, 5) is 33.9. The summed E-state index contributed by atoms with van der Waals surface area (Å²) in [6.07, 6.45) is 0.644. The van der Waals surface area contributed by atoms with Crippen LogP contribution in [0.5, 0.6) is 0 Å². The number of rotatable bonds is 2. The van der Waals surface area contributed by atoms with E-state index >= 15 is 0 Å². The second kappa shape index (κ2) is 8.22. The van der Waals surface area contributed by atoms with Crippen molar-refractivity contribution in [1.29, 1.82) is 0 Å². The van der Waals surface area contributed by atoms with E-state index in [-0.39, 0.29) is 17.4 Å². The van der Waals surface area contributed by atoms with Gasteiger partial charge in [-0.3, -0.25) is 14.6 Å². The molecule has 0 saturated carbocycles. The van der Waals surface area contributed by atoms with E-state index in [9.17, 15) is 14.0 Å². The van der Waals surface area contributed by atoms with Crippen LogP contribution in [-0.4, -0.2) is 52.8 Å². The molecule has 154 valence electrons. The van der Waals surface area contributed by atoms with Crippen molar-refractivity contribution in [3.63, 3.8) is 0 Å². The Balaban J connectivity index is 1.52. The van der Waals surface area contributed by atoms with Crippen molar-refractivity contribution in [3.8, 4) is 0 Å². The van der Waals surface area contributed by atoms with Gasteiger partial charge >= 0.3 is 0 Å². The van der Waals surface area contributed by atoms with Crippen molar-refractivity contribution in [2.45, 2.75) is 20.3 Å². The zero-order chi connectivity index (χ0) is 21.3. The molecule has 3 aromatic rings. The van der Waals surface area contributed by atoms with Gasteiger partial charge in [-0.15, -0.1) is 0 Å². The molecule has 0 N–H and O–H groups in total. The van der Waals surface area contributed by atoms with Gasteiger partial charge in [0.25, 0.3) is 11.8 Å². The van der Waals surface area contributed by atoms with Crippen LogP contribution in [-0.2, 0) is 0 Å². The number of halogens is 1. The Kier molecular flexibility index (Phi) is 5.48. The Labute approximate surface area is 175 Å². The molecule has 0 unspecified atom stereocenters. The van der Waals surface area contributed by atoms with Gasteiger partial charge < -0.3 is 9.80 Å². The number of nitrogens with zero attached hydrogens (tertiary/aromatic N) is 3. The monoisotopic (exact) mass is 405 g/mol. The fourth-order valence-corrected chi connectivity index (χ4v) is 3.89. The number of carbonyl (C=O) groups is 2. The minimum absolute atomic E-state index is 0.0714. The van der Waals surface area contributed by atoms with Gasteiger partial charge in [-0.25, -0.2) is 4.39 Å². The summed E-state index contributed by atoms with van der Waals surface area (Å²) in [6.45, 7) is 5.68. The zero-order valence-electron chi connectivity index (χ0n) is 17.2. The summed E-state index contributed by atoms with van der Waals surface area (Å²) in [7, 11) is 0. The average molecular weight is 405 g/mol. The topological polar surface area (TPSA) is 53.5 Å². The van der Waals surface area contributed by atoms with E-state index < -0.39 is 5.82 Å². The Morgan fingerprint density at radius 1 is 0.867 bits per heavy atom. The predicted octanol–water partition coefficient (Wildman–Crippen LogP) is 3.98. The van der Waals surface area contributed by atoms with Gasteiger partial charge in [0.15, 0.2) is 0 Å². The SMILES string of the molecule is Cc1ccc2cc(C(=O)N3CCCN(C(=O)c4ccccc4F)CC3)c(C)nc2c1. The van der Waals surface area contributed by atoms with Crippen LogP contribution in [0, 0.1) is 19.7 Å². The lowest BCUT2D eigenvalue weighted by Crippen LogP contribution is -2.37. The molecule has 0 atom stereocenters. The van der Waals surface area contributed by atoms with Gasteiger partial charge in [0.1, 0.15) is 5.82 Å². The van der Waals surface area contributed by atoms with Crippen molar-refractivity contribution >= 4 is 22.7 Å². The fraction of sp³-hybridized carbons (Fsp3) is 0.292. The Hall–Kier alpha value is -3.28. The lowest BCUT2D eigenvalue weighted by atomic mass is 10.1. The van der Waals surface area contributed by atoms with Crippen molar-refractivity contribution in [2.75, 3.05) is 26.2 Å². The van der Waals surface area contributed by atoms with Gasteiger partial charge in [0.2, 0.25) is 0 Å². The summed E-state index contributed by atoms with van der Waals surface area (Å²) in [6, 6.07) is 13.9. The first kappa shape index (κ1) is 20.0. The van der Waals surface area contributed by atoms with Crippen LogP contribution >= 0.6 is 0 Å². The predicted molar refractivity (Wildman–Crippen MR) is 114 cm³/mol. The van der Waals surface area contributed by atoms with Crippen molar-refractivity contribution in [1.82, 2.24) is 14.8 Å². The van der Waals surface area contributed by atoms with E-state index in [1.54, 1.807) is 21.9 Å². The van der Waals surface area contributed by atoms with E-state index in [2.05, 4.69) is 4.98 Å². The fourth-order valence-electron chi connectivity index (χ4n) is 3.89. The number of aromatic nitrogens is 1. The minimum atomic E-state index is -0.521. The third-order valence-corrected chi connectivity index (χ3v) is 5.57. The zero-order valence-corrected chi connectivity index (χ0v) is 17.2. The number of benzene rings is 2. The van der Waals surface area contributed by atoms with E-state index in [0.717, 1.165) is 16.5 Å². The molecule has 5 nitrogen and oxygen atoms in total. The van der Waals surface area contributed by atoms with Gasteiger partial charge in [-0.05, 0) is 50.1 Å². The average Bonchev–Trinajstić information content (AvgIpc) is 2.99. The number of carbonyl (C=O) groups excluding carboxylic acids is 2. The van der Waals surface area contributed by atoms with E-state index in [4.69, 9.17) is 0 Å². The number of hydrogen-bond donors (Lipinski definition) is 0. The molecule has 1 fully saturated rings. The minimum Gasteiger partial charge on any atom is -0.337 e. The van der Waals surface area contributed by atoms with E-state index in [0.29, 0.717) is 43.9 Å². The molecule has 0 aliphatic carbocycles. The molecule has 30 heavy (non-hydrogen) atoms. The second-order valence-electron chi connectivity index (χ2n) is 7.74. The summed E-state index contributed by atoms with van der Waals surface area (Å²) >= 11 is 0. The Bertz CT molecular complexity index is 1130. The highest BCUT2D eigenvalue weighted by molar-refractivity contribution is 5.99. The van der Waals surface area contributed by atoms with Gasteiger partial charge in [0, 0.05) is 31.6 Å². The van der Waals surface area contributed by atoms with Gasteiger partial charge in [-0.1, -0.05) is 24.3 Å².